The maximum Gasteiger partial charge on any atom is -0.0261 e. The van der Waals surface area contributed by atoms with Crippen LogP contribution in [0.15, 0.2) is 0 Å². The van der Waals surface area contributed by atoms with Crippen LogP contribution in [-0.2, 0) is 0 Å². The molecule has 0 heteroatoms. The maximum absolute atomic E-state index is 2.50. The predicted octanol–water partition coefficient (Wildman–Crippen LogP) is 2.05. The Balaban J connectivity index is 2.08. The van der Waals surface area contributed by atoms with E-state index in [4.69, 9.17) is 0 Å². The molecule has 0 amide bonds. The Hall–Kier alpha value is 0. The van der Waals surface area contributed by atoms with Crippen LogP contribution in [0.4, 0.5) is 0 Å². The topological polar surface area (TPSA) is 0 Å². The summed E-state index contributed by atoms with van der Waals surface area (Å²) >= 11 is 0. The van der Waals surface area contributed by atoms with Crippen molar-refractivity contribution in [2.24, 2.45) is 23.2 Å². The van der Waals surface area contributed by atoms with Crippen LogP contribution in [-0.4, -0.2) is 0 Å². The Kier molecular flexibility index (Phi) is 0.381. The smallest absolute Gasteiger partial charge is 0.0261 e. The van der Waals surface area contributed by atoms with Crippen molar-refractivity contribution in [1.82, 2.24) is 0 Å². The monoisotopic (exact) mass is 108 g/mol. The van der Waals surface area contributed by atoms with Crippen molar-refractivity contribution in [3.63, 3.8) is 0 Å². The van der Waals surface area contributed by atoms with Gasteiger partial charge in [0.25, 0.3) is 0 Å². The SMILES string of the molecule is C[C@@]12CCC3CC1C32. The fourth-order valence-electron chi connectivity index (χ4n) is 3.40. The molecular formula is C8H12. The van der Waals surface area contributed by atoms with Crippen molar-refractivity contribution >= 4 is 0 Å². The van der Waals surface area contributed by atoms with Gasteiger partial charge in [0.1, 0.15) is 0 Å². The van der Waals surface area contributed by atoms with Crippen LogP contribution in [0.25, 0.3) is 0 Å². The third-order valence-electron chi connectivity index (χ3n) is 4.05. The van der Waals surface area contributed by atoms with Crippen molar-refractivity contribution in [3.05, 3.63) is 0 Å². The molecule has 0 aromatic carbocycles. The van der Waals surface area contributed by atoms with Gasteiger partial charge in [-0.15, -0.1) is 0 Å². The van der Waals surface area contributed by atoms with E-state index in [1.807, 2.05) is 0 Å². The van der Waals surface area contributed by atoms with Gasteiger partial charge in [-0.25, -0.2) is 0 Å². The third kappa shape index (κ3) is 0.191. The fourth-order valence-corrected chi connectivity index (χ4v) is 3.40. The molecule has 3 aliphatic carbocycles. The molecule has 0 spiro atoms. The molecule has 3 fully saturated rings. The Morgan fingerprint density at radius 2 is 2.38 bits per heavy atom. The molecule has 8 heavy (non-hydrogen) atoms. The Labute approximate surface area is 50.3 Å². The van der Waals surface area contributed by atoms with Crippen molar-refractivity contribution in [2.75, 3.05) is 0 Å². The van der Waals surface area contributed by atoms with Gasteiger partial charge in [-0.1, -0.05) is 6.92 Å². The number of fused-ring (bicyclic) bond motifs is 1. The summed E-state index contributed by atoms with van der Waals surface area (Å²) in [5.74, 6) is 3.63. The van der Waals surface area contributed by atoms with Gasteiger partial charge in [0.2, 0.25) is 0 Å². The molecule has 0 radical (unpaired) electrons. The highest BCUT2D eigenvalue weighted by Gasteiger charge is 2.74. The number of rotatable bonds is 0. The molecule has 44 valence electrons. The van der Waals surface area contributed by atoms with Crippen molar-refractivity contribution in [2.45, 2.75) is 26.2 Å². The molecule has 0 aliphatic heterocycles. The second-order valence-corrected chi connectivity index (χ2v) is 4.17. The van der Waals surface area contributed by atoms with E-state index in [0.29, 0.717) is 0 Å². The summed E-state index contributed by atoms with van der Waals surface area (Å²) in [5, 5.41) is 0. The zero-order valence-electron chi connectivity index (χ0n) is 5.35. The van der Waals surface area contributed by atoms with Crippen LogP contribution in [0, 0.1) is 23.2 Å². The van der Waals surface area contributed by atoms with Gasteiger partial charge in [0, 0.05) is 0 Å². The second kappa shape index (κ2) is 0.778. The van der Waals surface area contributed by atoms with Crippen LogP contribution in [0.1, 0.15) is 26.2 Å². The minimum absolute atomic E-state index is 0.894. The van der Waals surface area contributed by atoms with Gasteiger partial charge in [-0.05, 0) is 42.4 Å². The molecule has 3 rings (SSSR count). The van der Waals surface area contributed by atoms with E-state index in [2.05, 4.69) is 6.92 Å². The summed E-state index contributed by atoms with van der Waals surface area (Å²) in [6, 6.07) is 0. The highest BCUT2D eigenvalue weighted by molar-refractivity contribution is 5.22. The van der Waals surface area contributed by atoms with Crippen LogP contribution in [0.2, 0.25) is 0 Å². The van der Waals surface area contributed by atoms with Gasteiger partial charge >= 0.3 is 0 Å². The lowest BCUT2D eigenvalue weighted by Gasteiger charge is -2.24. The molecule has 0 nitrogen and oxygen atoms in total. The van der Waals surface area contributed by atoms with E-state index in [-0.39, 0.29) is 0 Å². The first-order chi connectivity index (χ1) is 3.82. The molecule has 0 aromatic rings. The van der Waals surface area contributed by atoms with Gasteiger partial charge in [-0.2, -0.15) is 0 Å². The van der Waals surface area contributed by atoms with Crippen molar-refractivity contribution in [3.8, 4) is 0 Å². The first-order valence-corrected chi connectivity index (χ1v) is 3.82. The van der Waals surface area contributed by atoms with Crippen LogP contribution in [0.5, 0.6) is 0 Å². The van der Waals surface area contributed by atoms with E-state index >= 15 is 0 Å². The van der Waals surface area contributed by atoms with Gasteiger partial charge in [0.15, 0.2) is 0 Å². The molecule has 0 saturated heterocycles. The van der Waals surface area contributed by atoms with E-state index in [9.17, 15) is 0 Å². The maximum atomic E-state index is 2.50. The fraction of sp³-hybridized carbons (Fsp3) is 1.00. The molecule has 0 N–H and O–H groups in total. The standard InChI is InChI=1S/C8H12/c1-8-3-2-5-4-6(8)7(5)8/h5-7H,2-4H2,1H3/t5?,6?,7?,8-/m1/s1. The highest BCUT2D eigenvalue weighted by atomic mass is 14.8. The van der Waals surface area contributed by atoms with Crippen molar-refractivity contribution < 1.29 is 0 Å². The Morgan fingerprint density at radius 1 is 1.50 bits per heavy atom. The van der Waals surface area contributed by atoms with Crippen LogP contribution < -0.4 is 0 Å². The Morgan fingerprint density at radius 3 is 2.50 bits per heavy atom. The summed E-state index contributed by atoms with van der Waals surface area (Å²) in [6.45, 7) is 2.50. The molecule has 0 heterocycles. The molecule has 0 aromatic heterocycles. The lowest BCUT2D eigenvalue weighted by atomic mass is 9.81. The number of hydrogen-bond acceptors (Lipinski definition) is 0. The zero-order valence-corrected chi connectivity index (χ0v) is 5.35. The summed E-state index contributed by atoms with van der Waals surface area (Å²) < 4.78 is 0. The molecule has 3 unspecified atom stereocenters. The average molecular weight is 108 g/mol. The molecule has 3 saturated carbocycles. The van der Waals surface area contributed by atoms with E-state index < -0.39 is 0 Å². The van der Waals surface area contributed by atoms with Gasteiger partial charge in [0.05, 0.1) is 0 Å². The second-order valence-electron chi connectivity index (χ2n) is 4.17. The van der Waals surface area contributed by atoms with Crippen molar-refractivity contribution in [1.29, 1.82) is 0 Å². The number of hydrogen-bond donors (Lipinski definition) is 0. The molecule has 4 atom stereocenters. The van der Waals surface area contributed by atoms with E-state index in [1.165, 1.54) is 17.8 Å². The molecule has 0 bridgehead atoms. The predicted molar refractivity (Wildman–Crippen MR) is 32.4 cm³/mol. The Bertz CT molecular complexity index is 143. The first kappa shape index (κ1) is 3.92. The summed E-state index contributed by atoms with van der Waals surface area (Å²) in [6.07, 6.45) is 4.73. The first-order valence-electron chi connectivity index (χ1n) is 3.82. The lowest BCUT2D eigenvalue weighted by Crippen LogP contribution is -2.15. The normalized spacial score (nSPS) is 73.9. The summed E-state index contributed by atoms with van der Waals surface area (Å²) in [4.78, 5) is 0. The summed E-state index contributed by atoms with van der Waals surface area (Å²) in [7, 11) is 0. The van der Waals surface area contributed by atoms with E-state index in [0.717, 1.165) is 5.41 Å². The zero-order chi connectivity index (χ0) is 5.35. The molecule has 3 aliphatic rings. The minimum atomic E-state index is 0.894. The van der Waals surface area contributed by atoms with Gasteiger partial charge < -0.3 is 0 Å². The van der Waals surface area contributed by atoms with Gasteiger partial charge in [-0.3, -0.25) is 0 Å². The lowest BCUT2D eigenvalue weighted by molar-refractivity contribution is 0.261. The summed E-state index contributed by atoms with van der Waals surface area (Å²) in [5.41, 5.74) is 0.894. The van der Waals surface area contributed by atoms with Crippen LogP contribution in [0.3, 0.4) is 0 Å². The molecular weight excluding hydrogens is 96.1 g/mol. The third-order valence-corrected chi connectivity index (χ3v) is 4.05. The minimum Gasteiger partial charge on any atom is -0.0591 e. The average Bonchev–Trinajstić information content (AvgIpc) is 1.92. The largest absolute Gasteiger partial charge is 0.0591 e. The highest BCUT2D eigenvalue weighted by Crippen LogP contribution is 2.80. The van der Waals surface area contributed by atoms with E-state index in [1.54, 1.807) is 19.3 Å². The quantitative estimate of drug-likeness (QED) is 0.445. The van der Waals surface area contributed by atoms with Crippen LogP contribution >= 0.6 is 0 Å².